The van der Waals surface area contributed by atoms with Gasteiger partial charge < -0.3 is 25.2 Å². The van der Waals surface area contributed by atoms with Gasteiger partial charge in [0.2, 0.25) is 0 Å². The van der Waals surface area contributed by atoms with Gasteiger partial charge >= 0.3 is 5.51 Å². The number of hydrogen-bond donors (Lipinski definition) is 3. The Hall–Kier alpha value is -3.89. The van der Waals surface area contributed by atoms with Gasteiger partial charge in [-0.3, -0.25) is 14.6 Å². The number of anilines is 2. The van der Waals surface area contributed by atoms with Crippen LogP contribution in [-0.2, 0) is 24.6 Å². The van der Waals surface area contributed by atoms with E-state index in [2.05, 4.69) is 49.3 Å². The van der Waals surface area contributed by atoms with Crippen molar-refractivity contribution in [3.8, 4) is 0 Å². The molecule has 21 heteroatoms. The van der Waals surface area contributed by atoms with Gasteiger partial charge in [-0.2, -0.15) is 13.2 Å². The Labute approximate surface area is 468 Å². The van der Waals surface area contributed by atoms with E-state index in [0.29, 0.717) is 56.5 Å². The molecule has 0 saturated carbocycles. The number of amides is 1. The lowest BCUT2D eigenvalue weighted by Crippen LogP contribution is -2.49. The van der Waals surface area contributed by atoms with Crippen molar-refractivity contribution in [2.45, 2.75) is 84.5 Å². The molecule has 2 unspecified atom stereocenters. The summed E-state index contributed by atoms with van der Waals surface area (Å²) in [7, 11) is -10.9. The second-order valence-electron chi connectivity index (χ2n) is 21.7. The zero-order valence-corrected chi connectivity index (χ0v) is 47.7. The van der Waals surface area contributed by atoms with Crippen molar-refractivity contribution in [3.63, 3.8) is 0 Å². The molecule has 4 aromatic rings. The molecule has 4 saturated heterocycles. The average Bonchev–Trinajstić information content (AvgIpc) is 3.44. The minimum Gasteiger partial charge on any atom is -0.380 e. The summed E-state index contributed by atoms with van der Waals surface area (Å²) in [4.78, 5) is 22.0. The molecule has 13 nitrogen and oxygen atoms in total. The number of thioether (sulfide) groups is 1. The number of likely N-dealkylation sites (tertiary alicyclic amines) is 1. The van der Waals surface area contributed by atoms with E-state index >= 15 is 0 Å². The molecular formula is C56H72Cl2F3N7O6S3. The number of halogens is 5. The molecule has 4 fully saturated rings. The van der Waals surface area contributed by atoms with Crippen LogP contribution in [0.1, 0.15) is 74.2 Å². The van der Waals surface area contributed by atoms with Crippen LogP contribution in [-0.4, -0.2) is 153 Å². The lowest BCUT2D eigenvalue weighted by atomic mass is 9.69. The van der Waals surface area contributed by atoms with Crippen molar-refractivity contribution in [1.82, 2.24) is 24.7 Å². The molecule has 4 heterocycles. The molecule has 0 aromatic heterocycles. The summed E-state index contributed by atoms with van der Waals surface area (Å²) in [6, 6.07) is 26.1. The zero-order chi connectivity index (χ0) is 53.6. The summed E-state index contributed by atoms with van der Waals surface area (Å²) in [5, 5.41) is 7.28. The van der Waals surface area contributed by atoms with Crippen LogP contribution in [0, 0.1) is 10.8 Å². The molecule has 0 radical (unpaired) electrons. The molecule has 1 aliphatic carbocycles. The van der Waals surface area contributed by atoms with Crippen molar-refractivity contribution in [3.05, 3.63) is 119 Å². The van der Waals surface area contributed by atoms with Crippen LogP contribution < -0.4 is 20.3 Å². The fraction of sp³-hybridized carbons (Fsp3) is 0.518. The summed E-state index contributed by atoms with van der Waals surface area (Å²) in [5.41, 5.74) is -0.440. The number of nitrogens with zero attached hydrogens (tertiary/aromatic N) is 4. The second kappa shape index (κ2) is 25.7. The maximum atomic E-state index is 14.3. The number of nitrogens with one attached hydrogen (secondary N) is 3. The van der Waals surface area contributed by atoms with E-state index in [-0.39, 0.29) is 23.4 Å². The van der Waals surface area contributed by atoms with Gasteiger partial charge in [0.25, 0.3) is 25.8 Å². The Kier molecular flexibility index (Phi) is 19.8. The maximum absolute atomic E-state index is 14.3. The van der Waals surface area contributed by atoms with Gasteiger partial charge in [-0.15, -0.1) is 24.2 Å². The Morgan fingerprint density at radius 3 is 2.14 bits per heavy atom. The number of carbonyl (C=O) groups is 1. The Morgan fingerprint density at radius 1 is 0.805 bits per heavy atom. The van der Waals surface area contributed by atoms with Crippen LogP contribution in [0.3, 0.4) is 0 Å². The predicted molar refractivity (Wildman–Crippen MR) is 304 cm³/mol. The van der Waals surface area contributed by atoms with Crippen LogP contribution >= 0.6 is 35.8 Å². The zero-order valence-electron chi connectivity index (χ0n) is 43.7. The van der Waals surface area contributed by atoms with E-state index in [1.54, 1.807) is 12.1 Å². The van der Waals surface area contributed by atoms with Crippen LogP contribution in [0.25, 0.3) is 5.57 Å². The van der Waals surface area contributed by atoms with E-state index in [1.165, 1.54) is 79.4 Å². The summed E-state index contributed by atoms with van der Waals surface area (Å²) in [6.45, 7) is 15.2. The molecule has 9 rings (SSSR count). The first kappa shape index (κ1) is 59.2. The Bertz CT molecular complexity index is 2880. The van der Waals surface area contributed by atoms with Gasteiger partial charge in [0.15, 0.2) is 0 Å². The Balaban J connectivity index is 0.00000784. The van der Waals surface area contributed by atoms with Crippen LogP contribution in [0.2, 0.25) is 5.02 Å². The Morgan fingerprint density at radius 2 is 1.48 bits per heavy atom. The summed E-state index contributed by atoms with van der Waals surface area (Å²) in [5.74, 6) is -0.649. The maximum Gasteiger partial charge on any atom is 0.501 e. The third-order valence-corrected chi connectivity index (χ3v) is 20.5. The average molecular weight is 1160 g/mol. The fourth-order valence-corrected chi connectivity index (χ4v) is 14.9. The number of piperidine rings is 2. The predicted octanol–water partition coefficient (Wildman–Crippen LogP) is 9.70. The molecule has 77 heavy (non-hydrogen) atoms. The van der Waals surface area contributed by atoms with E-state index < -0.39 is 52.8 Å². The molecule has 5 aliphatic rings. The summed E-state index contributed by atoms with van der Waals surface area (Å²) < 4.78 is 104. The second-order valence-corrected chi connectivity index (χ2v) is 26.8. The highest BCUT2D eigenvalue weighted by atomic mass is 35.5. The number of piperazine rings is 1. The van der Waals surface area contributed by atoms with Crippen molar-refractivity contribution in [1.29, 1.82) is 0 Å². The lowest BCUT2D eigenvalue weighted by molar-refractivity contribution is -0.0435. The van der Waals surface area contributed by atoms with Gasteiger partial charge in [0, 0.05) is 91.9 Å². The van der Waals surface area contributed by atoms with Crippen molar-refractivity contribution < 1.29 is 39.5 Å². The molecule has 1 spiro atoms. The van der Waals surface area contributed by atoms with Gasteiger partial charge in [-0.05, 0) is 166 Å². The number of ether oxygens (including phenoxy) is 1. The lowest BCUT2D eigenvalue weighted by Gasteiger charge is -2.48. The van der Waals surface area contributed by atoms with Crippen molar-refractivity contribution in [2.75, 3.05) is 114 Å². The van der Waals surface area contributed by atoms with E-state index in [4.69, 9.17) is 16.3 Å². The molecule has 0 bridgehead atoms. The van der Waals surface area contributed by atoms with E-state index in [9.17, 15) is 34.8 Å². The van der Waals surface area contributed by atoms with Gasteiger partial charge in [-0.25, -0.2) is 21.6 Å². The fourth-order valence-electron chi connectivity index (χ4n) is 11.7. The first-order valence-corrected chi connectivity index (χ1v) is 30.9. The molecule has 3 N–H and O–H groups in total. The third kappa shape index (κ3) is 15.1. The number of allylic oxidation sites excluding steroid dienone is 1. The summed E-state index contributed by atoms with van der Waals surface area (Å²) in [6.07, 6.45) is 8.81. The topological polar surface area (TPSA) is 144 Å². The van der Waals surface area contributed by atoms with Crippen molar-refractivity contribution >= 4 is 78.5 Å². The SMILES string of the molecule is CC1(CN2CCC3(CCNCC3)CC2)CCC(c2ccc(Cl)cc2)=C(CN2CCN(c3ccc(C(=O)NS(=O)(=O)c4ccc(NC(CCN5CCOCC5)CSc5ccccc5)c(S(=O)(=O)C(F)(F)F)c4)cc3)CC2)C1.Cl. The number of morpholine rings is 1. The van der Waals surface area contributed by atoms with Crippen molar-refractivity contribution in [2.24, 2.45) is 10.8 Å². The highest BCUT2D eigenvalue weighted by molar-refractivity contribution is 7.99. The number of sulfone groups is 1. The first-order valence-electron chi connectivity index (χ1n) is 26.6. The number of alkyl halides is 3. The van der Waals surface area contributed by atoms with E-state index in [1.807, 2.05) is 47.2 Å². The molecule has 4 aromatic carbocycles. The number of sulfonamides is 1. The van der Waals surface area contributed by atoms with Gasteiger partial charge in [0.05, 0.1) is 23.8 Å². The highest BCUT2D eigenvalue weighted by Gasteiger charge is 2.49. The molecule has 420 valence electrons. The largest absolute Gasteiger partial charge is 0.501 e. The third-order valence-electron chi connectivity index (χ3n) is 16.2. The normalized spacial score (nSPS) is 21.6. The number of benzene rings is 4. The number of carbonyl (C=O) groups excluding carboxylic acids is 1. The highest BCUT2D eigenvalue weighted by Crippen LogP contribution is 2.46. The molecule has 2 atom stereocenters. The van der Waals surface area contributed by atoms with Crippen LogP contribution in [0.5, 0.6) is 0 Å². The molecule has 4 aliphatic heterocycles. The molecule has 1 amide bonds. The van der Waals surface area contributed by atoms with Gasteiger partial charge in [0.1, 0.15) is 4.90 Å². The quantitative estimate of drug-likeness (QED) is 0.0815. The summed E-state index contributed by atoms with van der Waals surface area (Å²) >= 11 is 7.79. The smallest absolute Gasteiger partial charge is 0.380 e. The standard InChI is InChI=1S/C56H71ClF3N7O6S3.ClH/c1-54(41-66-27-22-55(23-28-66)20-24-61-25-21-55)19-17-50(42-7-11-45(57)12-8-42)44(38-54)39-65-29-31-67(32-30-65)47-13-9-43(10-14-47)53(68)63-76(71,72)49-15-16-51(52(37-49)75(69,70)56(58,59)60)62-46(18-26-64-33-35-73-36-34-64)40-74-48-5-3-2-4-6-48;/h2-16,37,46,61-62H,17-36,38-41H2,1H3,(H,63,68);1H. The minimum absolute atomic E-state index is 0. The van der Waals surface area contributed by atoms with Crippen LogP contribution in [0.15, 0.2) is 117 Å². The molecular weight excluding hydrogens is 1090 g/mol. The first-order chi connectivity index (χ1) is 36.4. The minimum atomic E-state index is -6.07. The number of hydrogen-bond acceptors (Lipinski definition) is 13. The van der Waals surface area contributed by atoms with Gasteiger partial charge in [-0.1, -0.05) is 54.4 Å². The van der Waals surface area contributed by atoms with Crippen LogP contribution in [0.4, 0.5) is 24.5 Å². The number of rotatable bonds is 18. The monoisotopic (exact) mass is 1160 g/mol. The van der Waals surface area contributed by atoms with E-state index in [0.717, 1.165) is 99.4 Å².